The molecule has 6 heteroatoms. The second kappa shape index (κ2) is 7.13. The van der Waals surface area contributed by atoms with Crippen LogP contribution >= 0.6 is 34.5 Å². The Labute approximate surface area is 147 Å². The molecule has 0 aliphatic rings. The number of amides is 1. The van der Waals surface area contributed by atoms with Gasteiger partial charge in [0.25, 0.3) is 0 Å². The number of thiazole rings is 1. The van der Waals surface area contributed by atoms with E-state index in [4.69, 9.17) is 23.2 Å². The Bertz CT molecular complexity index is 803. The number of hydrogen-bond acceptors (Lipinski definition) is 3. The highest BCUT2D eigenvalue weighted by molar-refractivity contribution is 7.14. The number of alkyl halides is 1. The van der Waals surface area contributed by atoms with Crippen molar-refractivity contribution < 1.29 is 4.79 Å². The van der Waals surface area contributed by atoms with Crippen molar-refractivity contribution >= 4 is 45.6 Å². The van der Waals surface area contributed by atoms with Gasteiger partial charge in [0.05, 0.1) is 5.69 Å². The molecule has 1 N–H and O–H groups in total. The van der Waals surface area contributed by atoms with Crippen molar-refractivity contribution in [2.45, 2.75) is 5.38 Å². The second-order valence-corrected chi connectivity index (χ2v) is 6.54. The van der Waals surface area contributed by atoms with Crippen LogP contribution in [-0.2, 0) is 4.79 Å². The molecule has 1 heterocycles. The Kier molecular flexibility index (Phi) is 4.96. The zero-order valence-electron chi connectivity index (χ0n) is 11.9. The molecule has 1 atom stereocenters. The van der Waals surface area contributed by atoms with Crippen molar-refractivity contribution in [1.82, 2.24) is 4.98 Å². The fourth-order valence-electron chi connectivity index (χ4n) is 2.03. The van der Waals surface area contributed by atoms with Crippen LogP contribution in [0.15, 0.2) is 60.0 Å². The van der Waals surface area contributed by atoms with Crippen LogP contribution in [0.3, 0.4) is 0 Å². The Balaban J connectivity index is 1.71. The number of nitrogens with zero attached hydrogens (tertiary/aromatic N) is 1. The number of anilines is 1. The summed E-state index contributed by atoms with van der Waals surface area (Å²) in [5.74, 6) is -0.296. The zero-order chi connectivity index (χ0) is 16.2. The third kappa shape index (κ3) is 3.91. The maximum absolute atomic E-state index is 12.2. The highest BCUT2D eigenvalue weighted by atomic mass is 35.5. The molecule has 2 aromatic carbocycles. The van der Waals surface area contributed by atoms with E-state index in [-0.39, 0.29) is 5.91 Å². The van der Waals surface area contributed by atoms with Crippen molar-refractivity contribution in [1.29, 1.82) is 0 Å². The summed E-state index contributed by atoms with van der Waals surface area (Å²) in [4.78, 5) is 16.6. The van der Waals surface area contributed by atoms with Gasteiger partial charge in [0.1, 0.15) is 5.38 Å². The van der Waals surface area contributed by atoms with Crippen LogP contribution in [0.4, 0.5) is 5.13 Å². The molecule has 0 saturated carbocycles. The lowest BCUT2D eigenvalue weighted by atomic mass is 10.1. The number of nitrogens with one attached hydrogen (secondary N) is 1. The van der Waals surface area contributed by atoms with Crippen LogP contribution in [-0.4, -0.2) is 10.9 Å². The van der Waals surface area contributed by atoms with E-state index in [0.29, 0.717) is 10.2 Å². The van der Waals surface area contributed by atoms with Gasteiger partial charge in [-0.1, -0.05) is 54.1 Å². The van der Waals surface area contributed by atoms with E-state index in [1.807, 2.05) is 47.8 Å². The molecule has 1 aromatic heterocycles. The van der Waals surface area contributed by atoms with Crippen LogP contribution < -0.4 is 5.32 Å². The van der Waals surface area contributed by atoms with Crippen molar-refractivity contribution in [3.8, 4) is 11.3 Å². The fraction of sp³-hybridized carbons (Fsp3) is 0.0588. The van der Waals surface area contributed by atoms with Crippen LogP contribution in [0, 0.1) is 0 Å². The van der Waals surface area contributed by atoms with E-state index in [0.717, 1.165) is 16.8 Å². The molecule has 0 bridgehead atoms. The van der Waals surface area contributed by atoms with Crippen molar-refractivity contribution in [3.63, 3.8) is 0 Å². The largest absolute Gasteiger partial charge is 0.300 e. The van der Waals surface area contributed by atoms with Crippen LogP contribution in [0.1, 0.15) is 10.9 Å². The first-order chi connectivity index (χ1) is 11.1. The van der Waals surface area contributed by atoms with Gasteiger partial charge < -0.3 is 5.32 Å². The molecule has 3 nitrogen and oxygen atoms in total. The molecule has 3 rings (SSSR count). The molecule has 116 valence electrons. The lowest BCUT2D eigenvalue weighted by Crippen LogP contribution is -2.17. The zero-order valence-corrected chi connectivity index (χ0v) is 14.2. The highest BCUT2D eigenvalue weighted by Gasteiger charge is 2.18. The lowest BCUT2D eigenvalue weighted by Gasteiger charge is -2.08. The fourth-order valence-corrected chi connectivity index (χ4v) is 3.08. The average Bonchev–Trinajstić information content (AvgIpc) is 3.04. The summed E-state index contributed by atoms with van der Waals surface area (Å²) < 4.78 is 0. The molecule has 0 aliphatic carbocycles. The Morgan fingerprint density at radius 1 is 1.09 bits per heavy atom. The first-order valence-electron chi connectivity index (χ1n) is 6.85. The summed E-state index contributed by atoms with van der Waals surface area (Å²) in [5.41, 5.74) is 2.48. The third-order valence-electron chi connectivity index (χ3n) is 3.20. The number of benzene rings is 2. The summed E-state index contributed by atoms with van der Waals surface area (Å²) in [6, 6.07) is 16.6. The molecule has 0 aliphatic heterocycles. The normalized spacial score (nSPS) is 11.9. The van der Waals surface area contributed by atoms with Crippen molar-refractivity contribution in [2.24, 2.45) is 0 Å². The molecule has 0 spiro atoms. The molecule has 23 heavy (non-hydrogen) atoms. The van der Waals surface area contributed by atoms with Crippen molar-refractivity contribution in [2.75, 3.05) is 5.32 Å². The monoisotopic (exact) mass is 362 g/mol. The van der Waals surface area contributed by atoms with E-state index in [9.17, 15) is 4.79 Å². The van der Waals surface area contributed by atoms with Gasteiger partial charge >= 0.3 is 0 Å². The van der Waals surface area contributed by atoms with Crippen molar-refractivity contribution in [3.05, 3.63) is 70.6 Å². The molecule has 0 fully saturated rings. The van der Waals surface area contributed by atoms with E-state index in [1.54, 1.807) is 12.1 Å². The van der Waals surface area contributed by atoms with Crippen LogP contribution in [0.2, 0.25) is 5.02 Å². The van der Waals surface area contributed by atoms with Crippen LogP contribution in [0.25, 0.3) is 11.3 Å². The minimum absolute atomic E-state index is 0.296. The van der Waals surface area contributed by atoms with Crippen LogP contribution in [0.5, 0.6) is 0 Å². The number of aromatic nitrogens is 1. The summed E-state index contributed by atoms with van der Waals surface area (Å²) in [5, 5.41) is 5.07. The van der Waals surface area contributed by atoms with E-state index >= 15 is 0 Å². The topological polar surface area (TPSA) is 42.0 Å². The van der Waals surface area contributed by atoms with Gasteiger partial charge in [-0.2, -0.15) is 0 Å². The third-order valence-corrected chi connectivity index (χ3v) is 4.66. The first kappa shape index (κ1) is 16.0. The molecule has 1 unspecified atom stereocenters. The summed E-state index contributed by atoms with van der Waals surface area (Å²) in [6.45, 7) is 0. The van der Waals surface area contributed by atoms with Gasteiger partial charge in [-0.25, -0.2) is 4.98 Å². The van der Waals surface area contributed by atoms with Gasteiger partial charge in [0, 0.05) is 16.0 Å². The first-order valence-corrected chi connectivity index (χ1v) is 8.54. The highest BCUT2D eigenvalue weighted by Crippen LogP contribution is 2.28. The predicted octanol–water partition coefficient (Wildman–Crippen LogP) is 5.38. The molecular formula is C17H12Cl2N2OS. The molecular weight excluding hydrogens is 351 g/mol. The van der Waals surface area contributed by atoms with Gasteiger partial charge in [-0.15, -0.1) is 22.9 Å². The average molecular weight is 363 g/mol. The molecule has 3 aromatic rings. The van der Waals surface area contributed by atoms with Gasteiger partial charge in [-0.05, 0) is 17.7 Å². The SMILES string of the molecule is O=C(Nc1nc(-c2ccc(Cl)cc2)cs1)C(Cl)c1ccccc1. The van der Waals surface area contributed by atoms with E-state index in [1.165, 1.54) is 11.3 Å². The lowest BCUT2D eigenvalue weighted by molar-refractivity contribution is -0.116. The summed E-state index contributed by atoms with van der Waals surface area (Å²) in [6.07, 6.45) is 0. The summed E-state index contributed by atoms with van der Waals surface area (Å²) >= 11 is 13.4. The minimum Gasteiger partial charge on any atom is -0.300 e. The molecule has 0 saturated heterocycles. The standard InChI is InChI=1S/C17H12Cl2N2OS/c18-13-8-6-11(7-9-13)14-10-23-17(20-14)21-16(22)15(19)12-4-2-1-3-5-12/h1-10,15H,(H,20,21,22). The van der Waals surface area contributed by atoms with Gasteiger partial charge in [0.15, 0.2) is 5.13 Å². The number of halogens is 2. The van der Waals surface area contributed by atoms with E-state index in [2.05, 4.69) is 10.3 Å². The second-order valence-electron chi connectivity index (χ2n) is 4.81. The van der Waals surface area contributed by atoms with Gasteiger partial charge in [0.2, 0.25) is 5.91 Å². The smallest absolute Gasteiger partial charge is 0.248 e. The quantitative estimate of drug-likeness (QED) is 0.632. The Morgan fingerprint density at radius 2 is 1.78 bits per heavy atom. The van der Waals surface area contributed by atoms with E-state index < -0.39 is 5.38 Å². The number of carbonyl (C=O) groups is 1. The van der Waals surface area contributed by atoms with Gasteiger partial charge in [-0.3, -0.25) is 4.79 Å². The maximum atomic E-state index is 12.2. The predicted molar refractivity (Wildman–Crippen MR) is 96.2 cm³/mol. The molecule has 0 radical (unpaired) electrons. The Morgan fingerprint density at radius 3 is 2.48 bits per heavy atom. The molecule has 1 amide bonds. The minimum atomic E-state index is -0.751. The Hall–Kier alpha value is -1.88. The number of carbonyl (C=O) groups excluding carboxylic acids is 1. The summed E-state index contributed by atoms with van der Waals surface area (Å²) in [7, 11) is 0. The number of hydrogen-bond donors (Lipinski definition) is 1. The number of rotatable bonds is 4. The maximum Gasteiger partial charge on any atom is 0.248 e.